The highest BCUT2D eigenvalue weighted by atomic mass is 14.9. The number of nitrogens with zero attached hydrogens (tertiary/aromatic N) is 2. The molecule has 0 amide bonds. The molecule has 0 aliphatic heterocycles. The minimum Gasteiger partial charge on any atom is -0.319 e. The number of hydrogen-bond acceptors (Lipinski definition) is 3. The third-order valence-corrected chi connectivity index (χ3v) is 2.85. The van der Waals surface area contributed by atoms with Crippen LogP contribution in [0.25, 0.3) is 0 Å². The Labute approximate surface area is 105 Å². The molecule has 0 spiro atoms. The van der Waals surface area contributed by atoms with Gasteiger partial charge >= 0.3 is 0 Å². The van der Waals surface area contributed by atoms with Gasteiger partial charge in [-0.25, -0.2) is 9.97 Å². The maximum Gasteiger partial charge on any atom is 0.133 e. The number of aromatic nitrogens is 2. The molecule has 1 heterocycles. The van der Waals surface area contributed by atoms with Crippen LogP contribution in [0.15, 0.2) is 6.07 Å². The Hall–Kier alpha value is -0.960. The van der Waals surface area contributed by atoms with Gasteiger partial charge in [0.2, 0.25) is 0 Å². The number of hydrogen-bond donors (Lipinski definition) is 1. The van der Waals surface area contributed by atoms with Crippen molar-refractivity contribution < 1.29 is 0 Å². The molecular formula is C14H25N3. The lowest BCUT2D eigenvalue weighted by Crippen LogP contribution is -2.19. The van der Waals surface area contributed by atoms with Crippen LogP contribution in [0.5, 0.6) is 0 Å². The summed E-state index contributed by atoms with van der Waals surface area (Å²) >= 11 is 0. The van der Waals surface area contributed by atoms with Crippen molar-refractivity contribution in [1.82, 2.24) is 15.3 Å². The molecule has 1 rings (SSSR count). The third-order valence-electron chi connectivity index (χ3n) is 2.85. The van der Waals surface area contributed by atoms with Crippen molar-refractivity contribution in [3.05, 3.63) is 23.3 Å². The van der Waals surface area contributed by atoms with E-state index in [9.17, 15) is 0 Å². The molecule has 96 valence electrons. The molecule has 0 fully saturated rings. The molecule has 1 aromatic rings. The fraction of sp³-hybridized carbons (Fsp3) is 0.714. The minimum absolute atomic E-state index is 0.422. The van der Waals surface area contributed by atoms with Crippen LogP contribution in [0.1, 0.15) is 50.3 Å². The van der Waals surface area contributed by atoms with Crippen molar-refractivity contribution in [3.8, 4) is 0 Å². The number of aryl methyl sites for hydroxylation is 1. The Morgan fingerprint density at radius 1 is 1.29 bits per heavy atom. The molecule has 3 nitrogen and oxygen atoms in total. The molecule has 1 unspecified atom stereocenters. The second-order valence-electron chi connectivity index (χ2n) is 5.12. The average molecular weight is 235 g/mol. The lowest BCUT2D eigenvalue weighted by Gasteiger charge is -2.15. The maximum absolute atomic E-state index is 4.71. The fourth-order valence-corrected chi connectivity index (χ4v) is 2.03. The zero-order chi connectivity index (χ0) is 12.8. The predicted octanol–water partition coefficient (Wildman–Crippen LogP) is 2.70. The van der Waals surface area contributed by atoms with E-state index in [1.165, 1.54) is 5.69 Å². The fourth-order valence-electron chi connectivity index (χ4n) is 2.03. The molecular weight excluding hydrogens is 210 g/mol. The summed E-state index contributed by atoms with van der Waals surface area (Å²) in [5.74, 6) is 2.06. The number of rotatable bonds is 6. The van der Waals surface area contributed by atoms with Gasteiger partial charge in [-0.15, -0.1) is 0 Å². The molecule has 17 heavy (non-hydrogen) atoms. The summed E-state index contributed by atoms with van der Waals surface area (Å²) in [7, 11) is 1.98. The molecule has 1 aromatic heterocycles. The van der Waals surface area contributed by atoms with E-state index in [-0.39, 0.29) is 0 Å². The average Bonchev–Trinajstić information content (AvgIpc) is 2.23. The van der Waals surface area contributed by atoms with E-state index >= 15 is 0 Å². The van der Waals surface area contributed by atoms with E-state index in [0.717, 1.165) is 30.9 Å². The highest BCUT2D eigenvalue weighted by molar-refractivity contribution is 5.13. The standard InChI is InChI=1S/C14H25N3/c1-6-12(9-15-5)14-16-11(4)8-13(17-14)7-10(2)3/h8,10,12,15H,6-7,9H2,1-5H3. The van der Waals surface area contributed by atoms with Crippen LogP contribution in [0, 0.1) is 12.8 Å². The van der Waals surface area contributed by atoms with Crippen LogP contribution < -0.4 is 5.32 Å². The van der Waals surface area contributed by atoms with Gasteiger partial charge in [0.1, 0.15) is 5.82 Å². The Kier molecular flexibility index (Phi) is 5.56. The van der Waals surface area contributed by atoms with Crippen LogP contribution >= 0.6 is 0 Å². The second-order valence-corrected chi connectivity index (χ2v) is 5.12. The Morgan fingerprint density at radius 2 is 2.00 bits per heavy atom. The molecule has 0 saturated carbocycles. The molecule has 3 heteroatoms. The molecule has 1 atom stereocenters. The quantitative estimate of drug-likeness (QED) is 0.824. The Balaban J connectivity index is 2.94. The molecule has 0 bridgehead atoms. The van der Waals surface area contributed by atoms with E-state index in [1.54, 1.807) is 0 Å². The first-order valence-electron chi connectivity index (χ1n) is 6.55. The van der Waals surface area contributed by atoms with E-state index in [1.807, 2.05) is 7.05 Å². The van der Waals surface area contributed by atoms with Crippen LogP contribution in [-0.2, 0) is 6.42 Å². The predicted molar refractivity (Wildman–Crippen MR) is 72.3 cm³/mol. The molecule has 0 aliphatic carbocycles. The van der Waals surface area contributed by atoms with Crippen LogP contribution in [-0.4, -0.2) is 23.6 Å². The van der Waals surface area contributed by atoms with E-state index in [2.05, 4.69) is 44.1 Å². The summed E-state index contributed by atoms with van der Waals surface area (Å²) in [4.78, 5) is 9.29. The SMILES string of the molecule is CCC(CNC)c1nc(C)cc(CC(C)C)n1. The van der Waals surface area contributed by atoms with E-state index < -0.39 is 0 Å². The third kappa shape index (κ3) is 4.43. The van der Waals surface area contributed by atoms with Crippen molar-refractivity contribution >= 4 is 0 Å². The zero-order valence-electron chi connectivity index (χ0n) is 11.7. The minimum atomic E-state index is 0.422. The van der Waals surface area contributed by atoms with Gasteiger partial charge in [0.25, 0.3) is 0 Å². The van der Waals surface area contributed by atoms with Gasteiger partial charge in [-0.3, -0.25) is 0 Å². The highest BCUT2D eigenvalue weighted by Gasteiger charge is 2.13. The van der Waals surface area contributed by atoms with E-state index in [0.29, 0.717) is 11.8 Å². The number of nitrogens with one attached hydrogen (secondary N) is 1. The zero-order valence-corrected chi connectivity index (χ0v) is 11.7. The Morgan fingerprint density at radius 3 is 2.53 bits per heavy atom. The Bertz CT molecular complexity index is 347. The summed E-state index contributed by atoms with van der Waals surface area (Å²) in [6, 6.07) is 2.11. The highest BCUT2D eigenvalue weighted by Crippen LogP contribution is 2.16. The smallest absolute Gasteiger partial charge is 0.133 e. The van der Waals surface area contributed by atoms with Gasteiger partial charge in [-0.1, -0.05) is 20.8 Å². The lowest BCUT2D eigenvalue weighted by atomic mass is 10.0. The topological polar surface area (TPSA) is 37.8 Å². The maximum atomic E-state index is 4.71. The molecule has 0 saturated heterocycles. The monoisotopic (exact) mass is 235 g/mol. The summed E-state index contributed by atoms with van der Waals surface area (Å²) in [5.41, 5.74) is 2.26. The molecule has 1 N–H and O–H groups in total. The van der Waals surface area contributed by atoms with Crippen molar-refractivity contribution in [2.45, 2.75) is 46.5 Å². The first-order valence-corrected chi connectivity index (χ1v) is 6.55. The van der Waals surface area contributed by atoms with E-state index in [4.69, 9.17) is 4.98 Å². The van der Waals surface area contributed by atoms with Crippen molar-refractivity contribution in [3.63, 3.8) is 0 Å². The van der Waals surface area contributed by atoms with Crippen LogP contribution in [0.4, 0.5) is 0 Å². The van der Waals surface area contributed by atoms with Crippen molar-refractivity contribution in [2.75, 3.05) is 13.6 Å². The van der Waals surface area contributed by atoms with Gasteiger partial charge in [-0.2, -0.15) is 0 Å². The van der Waals surface area contributed by atoms with Crippen molar-refractivity contribution in [1.29, 1.82) is 0 Å². The first-order chi connectivity index (χ1) is 8.06. The van der Waals surface area contributed by atoms with Crippen molar-refractivity contribution in [2.24, 2.45) is 5.92 Å². The van der Waals surface area contributed by atoms with Crippen LogP contribution in [0.2, 0.25) is 0 Å². The summed E-state index contributed by atoms with van der Waals surface area (Å²) in [6.07, 6.45) is 2.11. The van der Waals surface area contributed by atoms with Gasteiger partial charge < -0.3 is 5.32 Å². The molecule has 0 radical (unpaired) electrons. The van der Waals surface area contributed by atoms with Gasteiger partial charge in [0.05, 0.1) is 0 Å². The van der Waals surface area contributed by atoms with Gasteiger partial charge in [-0.05, 0) is 38.8 Å². The summed E-state index contributed by atoms with van der Waals surface area (Å²) in [6.45, 7) is 9.64. The summed E-state index contributed by atoms with van der Waals surface area (Å²) in [5, 5.41) is 3.22. The molecule has 0 aromatic carbocycles. The largest absolute Gasteiger partial charge is 0.319 e. The normalized spacial score (nSPS) is 13.1. The molecule has 0 aliphatic rings. The van der Waals surface area contributed by atoms with Crippen LogP contribution in [0.3, 0.4) is 0 Å². The second kappa shape index (κ2) is 6.70. The van der Waals surface area contributed by atoms with Gasteiger partial charge in [0.15, 0.2) is 0 Å². The number of likely N-dealkylation sites (N-methyl/N-ethyl adjacent to an activating group) is 1. The van der Waals surface area contributed by atoms with Gasteiger partial charge in [0, 0.05) is 23.9 Å². The summed E-state index contributed by atoms with van der Waals surface area (Å²) < 4.78 is 0. The first kappa shape index (κ1) is 14.1. The lowest BCUT2D eigenvalue weighted by molar-refractivity contribution is 0.566.